The molecule has 0 aromatic rings. The molecular formula is C11H19ClO2. The van der Waals surface area contributed by atoms with Crippen molar-refractivity contribution < 1.29 is 9.47 Å². The van der Waals surface area contributed by atoms with Crippen LogP contribution in [0.2, 0.25) is 0 Å². The van der Waals surface area contributed by atoms with Gasteiger partial charge >= 0.3 is 0 Å². The Kier molecular flexibility index (Phi) is 3.69. The zero-order valence-corrected chi connectivity index (χ0v) is 9.50. The minimum absolute atomic E-state index is 0.124. The summed E-state index contributed by atoms with van der Waals surface area (Å²) in [5, 5.41) is 0.161. The van der Waals surface area contributed by atoms with E-state index in [0.717, 1.165) is 6.42 Å². The molecule has 0 saturated heterocycles. The molecule has 2 aliphatic rings. The molecule has 2 rings (SSSR count). The molecule has 2 saturated carbocycles. The molecule has 0 amide bonds. The third-order valence-electron chi connectivity index (χ3n) is 3.37. The van der Waals surface area contributed by atoms with Gasteiger partial charge in [-0.3, -0.25) is 0 Å². The molecule has 0 aliphatic heterocycles. The number of hydrogen-bond donors (Lipinski definition) is 0. The van der Waals surface area contributed by atoms with Gasteiger partial charge in [0.15, 0.2) is 0 Å². The number of hydrogen-bond acceptors (Lipinski definition) is 2. The van der Waals surface area contributed by atoms with Gasteiger partial charge in [0.2, 0.25) is 0 Å². The third-order valence-corrected chi connectivity index (χ3v) is 3.80. The van der Waals surface area contributed by atoms with Gasteiger partial charge in [-0.2, -0.15) is 0 Å². The summed E-state index contributed by atoms with van der Waals surface area (Å²) in [6.07, 6.45) is 8.26. The van der Waals surface area contributed by atoms with Crippen molar-refractivity contribution in [3.8, 4) is 0 Å². The summed E-state index contributed by atoms with van der Waals surface area (Å²) in [4.78, 5) is 0. The standard InChI is InChI=1S/C11H19ClO2/c1-13-11-9(12)7-10(11)14-8-5-3-2-4-6-8/h8-11H,2-7H2,1H3. The lowest BCUT2D eigenvalue weighted by atomic mass is 9.89. The zero-order valence-electron chi connectivity index (χ0n) is 8.75. The average molecular weight is 219 g/mol. The van der Waals surface area contributed by atoms with Crippen molar-refractivity contribution in [1.82, 2.24) is 0 Å². The molecule has 0 aromatic carbocycles. The summed E-state index contributed by atoms with van der Waals surface area (Å²) in [7, 11) is 1.72. The number of ether oxygens (including phenoxy) is 2. The summed E-state index contributed by atoms with van der Waals surface area (Å²) in [5.41, 5.74) is 0. The fraction of sp³-hybridized carbons (Fsp3) is 1.00. The van der Waals surface area contributed by atoms with Gasteiger partial charge in [0, 0.05) is 7.11 Å². The van der Waals surface area contributed by atoms with E-state index in [4.69, 9.17) is 21.1 Å². The summed E-state index contributed by atoms with van der Waals surface area (Å²) in [5.74, 6) is 0. The summed E-state index contributed by atoms with van der Waals surface area (Å²) in [6.45, 7) is 0. The Morgan fingerprint density at radius 1 is 1.14 bits per heavy atom. The molecule has 14 heavy (non-hydrogen) atoms. The first-order chi connectivity index (χ1) is 6.81. The zero-order chi connectivity index (χ0) is 9.97. The lowest BCUT2D eigenvalue weighted by molar-refractivity contribution is -0.143. The normalized spacial score (nSPS) is 39.4. The van der Waals surface area contributed by atoms with Crippen LogP contribution in [0.1, 0.15) is 38.5 Å². The van der Waals surface area contributed by atoms with Crippen molar-refractivity contribution in [2.45, 2.75) is 62.2 Å². The van der Waals surface area contributed by atoms with Gasteiger partial charge < -0.3 is 9.47 Å². The largest absolute Gasteiger partial charge is 0.377 e. The highest BCUT2D eigenvalue weighted by atomic mass is 35.5. The van der Waals surface area contributed by atoms with Crippen LogP contribution < -0.4 is 0 Å². The molecular weight excluding hydrogens is 200 g/mol. The van der Waals surface area contributed by atoms with Crippen molar-refractivity contribution in [3.63, 3.8) is 0 Å². The van der Waals surface area contributed by atoms with E-state index in [9.17, 15) is 0 Å². The molecule has 3 heteroatoms. The highest BCUT2D eigenvalue weighted by molar-refractivity contribution is 6.21. The molecule has 0 spiro atoms. The molecule has 0 aromatic heterocycles. The number of methoxy groups -OCH3 is 1. The van der Waals surface area contributed by atoms with Gasteiger partial charge in [-0.05, 0) is 19.3 Å². The molecule has 0 radical (unpaired) electrons. The molecule has 2 aliphatic carbocycles. The van der Waals surface area contributed by atoms with Gasteiger partial charge in [0.05, 0.1) is 23.7 Å². The van der Waals surface area contributed by atoms with Crippen LogP contribution in [0.4, 0.5) is 0 Å². The van der Waals surface area contributed by atoms with E-state index in [0.29, 0.717) is 6.10 Å². The first-order valence-corrected chi connectivity index (χ1v) is 6.07. The van der Waals surface area contributed by atoms with Crippen molar-refractivity contribution in [3.05, 3.63) is 0 Å². The predicted octanol–water partition coefficient (Wildman–Crippen LogP) is 2.73. The Morgan fingerprint density at radius 3 is 2.43 bits per heavy atom. The molecule has 2 nitrogen and oxygen atoms in total. The van der Waals surface area contributed by atoms with Crippen LogP contribution in [0, 0.1) is 0 Å². The van der Waals surface area contributed by atoms with Gasteiger partial charge in [0.25, 0.3) is 0 Å². The quantitative estimate of drug-likeness (QED) is 0.679. The fourth-order valence-electron chi connectivity index (χ4n) is 2.41. The van der Waals surface area contributed by atoms with Crippen LogP contribution in [-0.2, 0) is 9.47 Å². The molecule has 0 bridgehead atoms. The van der Waals surface area contributed by atoms with E-state index >= 15 is 0 Å². The molecule has 0 N–H and O–H groups in total. The molecule has 82 valence electrons. The predicted molar refractivity (Wildman–Crippen MR) is 56.8 cm³/mol. The minimum Gasteiger partial charge on any atom is -0.377 e. The van der Waals surface area contributed by atoms with Gasteiger partial charge in [-0.25, -0.2) is 0 Å². The second-order valence-corrected chi connectivity index (χ2v) is 4.95. The van der Waals surface area contributed by atoms with E-state index in [1.54, 1.807) is 7.11 Å². The van der Waals surface area contributed by atoms with Crippen molar-refractivity contribution >= 4 is 11.6 Å². The van der Waals surface area contributed by atoms with Crippen LogP contribution in [-0.4, -0.2) is 30.8 Å². The van der Waals surface area contributed by atoms with Crippen molar-refractivity contribution in [1.29, 1.82) is 0 Å². The van der Waals surface area contributed by atoms with Gasteiger partial charge in [-0.1, -0.05) is 19.3 Å². The molecule has 0 heterocycles. The Balaban J connectivity index is 1.74. The third kappa shape index (κ3) is 2.23. The second-order valence-electron chi connectivity index (χ2n) is 4.39. The lowest BCUT2D eigenvalue weighted by Crippen LogP contribution is -2.51. The molecule has 2 fully saturated rings. The summed E-state index contributed by atoms with van der Waals surface area (Å²) < 4.78 is 11.3. The van der Waals surface area contributed by atoms with Crippen LogP contribution in [0.15, 0.2) is 0 Å². The fourth-order valence-corrected chi connectivity index (χ4v) is 2.85. The topological polar surface area (TPSA) is 18.5 Å². The number of halogens is 1. The maximum absolute atomic E-state index is 6.02. The highest BCUT2D eigenvalue weighted by Gasteiger charge is 2.42. The first-order valence-electron chi connectivity index (χ1n) is 5.63. The minimum atomic E-state index is 0.124. The highest BCUT2D eigenvalue weighted by Crippen LogP contribution is 2.34. The van der Waals surface area contributed by atoms with E-state index in [1.807, 2.05) is 0 Å². The SMILES string of the molecule is COC1C(Cl)CC1OC1CCCCC1. The van der Waals surface area contributed by atoms with E-state index < -0.39 is 0 Å². The molecule has 3 unspecified atom stereocenters. The number of alkyl halides is 1. The van der Waals surface area contributed by atoms with Gasteiger partial charge in [-0.15, -0.1) is 11.6 Å². The Morgan fingerprint density at radius 2 is 1.86 bits per heavy atom. The summed E-state index contributed by atoms with van der Waals surface area (Å²) >= 11 is 6.02. The van der Waals surface area contributed by atoms with Crippen LogP contribution in [0.3, 0.4) is 0 Å². The van der Waals surface area contributed by atoms with E-state index in [1.165, 1.54) is 32.1 Å². The lowest BCUT2D eigenvalue weighted by Gasteiger charge is -2.42. The van der Waals surface area contributed by atoms with Crippen molar-refractivity contribution in [2.75, 3.05) is 7.11 Å². The number of rotatable bonds is 3. The van der Waals surface area contributed by atoms with E-state index in [2.05, 4.69) is 0 Å². The Labute approximate surface area is 90.9 Å². The van der Waals surface area contributed by atoms with Crippen LogP contribution in [0.25, 0.3) is 0 Å². The Hall–Kier alpha value is 0.210. The van der Waals surface area contributed by atoms with Crippen LogP contribution >= 0.6 is 11.6 Å². The first kappa shape index (κ1) is 10.7. The maximum atomic E-state index is 6.02. The van der Waals surface area contributed by atoms with E-state index in [-0.39, 0.29) is 17.6 Å². The second kappa shape index (κ2) is 4.82. The molecule has 3 atom stereocenters. The average Bonchev–Trinajstić information content (AvgIpc) is 2.19. The van der Waals surface area contributed by atoms with Gasteiger partial charge in [0.1, 0.15) is 0 Å². The maximum Gasteiger partial charge on any atom is 0.0997 e. The summed E-state index contributed by atoms with van der Waals surface area (Å²) in [6, 6.07) is 0. The monoisotopic (exact) mass is 218 g/mol. The smallest absolute Gasteiger partial charge is 0.0997 e. The Bertz CT molecular complexity index is 180. The van der Waals surface area contributed by atoms with Crippen LogP contribution in [0.5, 0.6) is 0 Å². The van der Waals surface area contributed by atoms with Crippen molar-refractivity contribution in [2.24, 2.45) is 0 Å².